The van der Waals surface area contributed by atoms with Crippen molar-refractivity contribution in [3.63, 3.8) is 0 Å². The highest BCUT2D eigenvalue weighted by Crippen LogP contribution is 2.05. The highest BCUT2D eigenvalue weighted by Gasteiger charge is 2.11. The zero-order valence-electron chi connectivity index (χ0n) is 9.63. The van der Waals surface area contributed by atoms with Crippen molar-refractivity contribution in [2.75, 3.05) is 13.1 Å². The van der Waals surface area contributed by atoms with E-state index in [1.165, 1.54) is 6.07 Å². The Morgan fingerprint density at radius 2 is 1.82 bits per heavy atom. The molecule has 0 aromatic heterocycles. The number of halogens is 1. The number of nitrogens with one attached hydrogen (secondary N) is 2. The molecule has 2 N–H and O–H groups in total. The highest BCUT2D eigenvalue weighted by atomic mass is 19.1. The van der Waals surface area contributed by atoms with Gasteiger partial charge in [-0.1, -0.05) is 18.2 Å². The van der Waals surface area contributed by atoms with Crippen molar-refractivity contribution in [3.8, 4) is 0 Å². The molecule has 1 rings (SSSR count). The molecule has 1 aromatic carbocycles. The second-order valence-electron chi connectivity index (χ2n) is 3.46. The lowest BCUT2D eigenvalue weighted by Crippen LogP contribution is -2.40. The molecule has 0 bridgehead atoms. The summed E-state index contributed by atoms with van der Waals surface area (Å²) in [5.41, 5.74) is 0.517. The largest absolute Gasteiger partial charge is 0.348 e. The van der Waals surface area contributed by atoms with Gasteiger partial charge < -0.3 is 10.6 Å². The fourth-order valence-electron chi connectivity index (χ4n) is 1.33. The van der Waals surface area contributed by atoms with Crippen LogP contribution in [-0.2, 0) is 16.0 Å². The molecule has 0 aliphatic heterocycles. The molecule has 4 nitrogen and oxygen atoms in total. The zero-order valence-corrected chi connectivity index (χ0v) is 9.63. The third-order valence-electron chi connectivity index (χ3n) is 2.18. The minimum Gasteiger partial charge on any atom is -0.348 e. The van der Waals surface area contributed by atoms with Crippen LogP contribution in [0.15, 0.2) is 24.3 Å². The first-order chi connectivity index (χ1) is 8.15. The van der Waals surface area contributed by atoms with E-state index in [0.717, 1.165) is 0 Å². The molecule has 0 atom stereocenters. The van der Waals surface area contributed by atoms with E-state index in [9.17, 15) is 14.0 Å². The maximum atomic E-state index is 13.2. The van der Waals surface area contributed by atoms with Crippen molar-refractivity contribution in [3.05, 3.63) is 35.6 Å². The van der Waals surface area contributed by atoms with Gasteiger partial charge in [0.2, 0.25) is 0 Å². The van der Waals surface area contributed by atoms with Crippen molar-refractivity contribution in [2.24, 2.45) is 0 Å². The molecule has 92 valence electrons. The molecular formula is C12H15FN2O2. The topological polar surface area (TPSA) is 58.2 Å². The maximum Gasteiger partial charge on any atom is 0.309 e. The summed E-state index contributed by atoms with van der Waals surface area (Å²) in [6.07, 6.45) is 0.359. The van der Waals surface area contributed by atoms with E-state index in [1.54, 1.807) is 25.1 Å². The lowest BCUT2D eigenvalue weighted by atomic mass is 10.1. The summed E-state index contributed by atoms with van der Waals surface area (Å²) in [7, 11) is 0. The minimum atomic E-state index is -0.691. The Hall–Kier alpha value is -1.91. The monoisotopic (exact) mass is 238 g/mol. The Kier molecular flexibility index (Phi) is 5.13. The first-order valence-electron chi connectivity index (χ1n) is 5.44. The molecule has 2 amide bonds. The number of amides is 2. The van der Waals surface area contributed by atoms with Crippen LogP contribution >= 0.6 is 0 Å². The van der Waals surface area contributed by atoms with E-state index in [0.29, 0.717) is 18.5 Å². The summed E-state index contributed by atoms with van der Waals surface area (Å²) in [6, 6.07) is 6.34. The number of carbonyl (C=O) groups is 2. The van der Waals surface area contributed by atoms with E-state index in [1.807, 2.05) is 0 Å². The first-order valence-corrected chi connectivity index (χ1v) is 5.44. The van der Waals surface area contributed by atoms with E-state index in [4.69, 9.17) is 0 Å². The van der Waals surface area contributed by atoms with Crippen LogP contribution in [0.4, 0.5) is 4.39 Å². The van der Waals surface area contributed by atoms with Crippen molar-refractivity contribution in [2.45, 2.75) is 13.3 Å². The molecule has 5 heteroatoms. The van der Waals surface area contributed by atoms with Crippen molar-refractivity contribution in [1.29, 1.82) is 0 Å². The quantitative estimate of drug-likeness (QED) is 0.755. The fraction of sp³-hybridized carbons (Fsp3) is 0.333. The van der Waals surface area contributed by atoms with Gasteiger partial charge in [0, 0.05) is 13.1 Å². The Labute approximate surface area is 99.2 Å². The van der Waals surface area contributed by atoms with Crippen LogP contribution < -0.4 is 10.6 Å². The molecule has 0 unspecified atom stereocenters. The average Bonchev–Trinajstić information content (AvgIpc) is 2.31. The van der Waals surface area contributed by atoms with Crippen molar-refractivity contribution in [1.82, 2.24) is 10.6 Å². The van der Waals surface area contributed by atoms with E-state index < -0.39 is 11.8 Å². The number of hydrogen-bond acceptors (Lipinski definition) is 2. The van der Waals surface area contributed by atoms with Gasteiger partial charge in [0.1, 0.15) is 5.82 Å². The molecule has 0 heterocycles. The van der Waals surface area contributed by atoms with Gasteiger partial charge in [-0.25, -0.2) is 4.39 Å². The summed E-state index contributed by atoms with van der Waals surface area (Å²) >= 11 is 0. The predicted octanol–water partition coefficient (Wildman–Crippen LogP) is 0.621. The second kappa shape index (κ2) is 6.62. The molecule has 0 saturated carbocycles. The van der Waals surface area contributed by atoms with Crippen molar-refractivity contribution >= 4 is 11.8 Å². The van der Waals surface area contributed by atoms with Gasteiger partial charge in [-0.15, -0.1) is 0 Å². The summed E-state index contributed by atoms with van der Waals surface area (Å²) < 4.78 is 13.2. The number of hydrogen-bond donors (Lipinski definition) is 2. The van der Waals surface area contributed by atoms with Crippen LogP contribution in [0.2, 0.25) is 0 Å². The average molecular weight is 238 g/mol. The van der Waals surface area contributed by atoms with Gasteiger partial charge in [-0.3, -0.25) is 9.59 Å². The van der Waals surface area contributed by atoms with E-state index in [2.05, 4.69) is 10.6 Å². The summed E-state index contributed by atoms with van der Waals surface area (Å²) in [4.78, 5) is 22.2. The SMILES string of the molecule is CCNC(=O)C(=O)NCCc1ccccc1F. The van der Waals surface area contributed by atoms with E-state index in [-0.39, 0.29) is 12.4 Å². The van der Waals surface area contributed by atoms with Crippen LogP contribution in [0.3, 0.4) is 0 Å². The summed E-state index contributed by atoms with van der Waals surface area (Å²) in [5, 5.41) is 4.81. The van der Waals surface area contributed by atoms with E-state index >= 15 is 0 Å². The van der Waals surface area contributed by atoms with Crippen LogP contribution in [0, 0.1) is 5.82 Å². The van der Waals surface area contributed by atoms with Crippen LogP contribution in [-0.4, -0.2) is 24.9 Å². The molecular weight excluding hydrogens is 223 g/mol. The molecule has 0 saturated heterocycles. The molecule has 17 heavy (non-hydrogen) atoms. The Balaban J connectivity index is 2.36. The van der Waals surface area contributed by atoms with Gasteiger partial charge in [0.25, 0.3) is 0 Å². The second-order valence-corrected chi connectivity index (χ2v) is 3.46. The van der Waals surface area contributed by atoms with Crippen molar-refractivity contribution < 1.29 is 14.0 Å². The Morgan fingerprint density at radius 1 is 1.18 bits per heavy atom. The Bertz CT molecular complexity index is 407. The third-order valence-corrected chi connectivity index (χ3v) is 2.18. The normalized spacial score (nSPS) is 9.76. The molecule has 0 fully saturated rings. The minimum absolute atomic E-state index is 0.233. The Morgan fingerprint density at radius 3 is 2.47 bits per heavy atom. The lowest BCUT2D eigenvalue weighted by molar-refractivity contribution is -0.139. The number of carbonyl (C=O) groups excluding carboxylic acids is 2. The van der Waals surface area contributed by atoms with Crippen LogP contribution in [0.1, 0.15) is 12.5 Å². The molecule has 1 aromatic rings. The summed E-state index contributed by atoms with van der Waals surface area (Å²) in [6.45, 7) is 2.36. The van der Waals surface area contributed by atoms with Gasteiger partial charge in [0.05, 0.1) is 0 Å². The van der Waals surface area contributed by atoms with Gasteiger partial charge in [-0.05, 0) is 25.0 Å². The predicted molar refractivity (Wildman–Crippen MR) is 61.8 cm³/mol. The lowest BCUT2D eigenvalue weighted by Gasteiger charge is -2.05. The standard InChI is InChI=1S/C12H15FN2O2/c1-2-14-11(16)12(17)15-8-7-9-5-3-4-6-10(9)13/h3-6H,2,7-8H2,1H3,(H,14,16)(H,15,17). The number of rotatable bonds is 4. The third kappa shape index (κ3) is 4.22. The maximum absolute atomic E-state index is 13.2. The smallest absolute Gasteiger partial charge is 0.309 e. The number of benzene rings is 1. The highest BCUT2D eigenvalue weighted by molar-refractivity contribution is 6.35. The molecule has 0 aliphatic carbocycles. The number of likely N-dealkylation sites (N-methyl/N-ethyl adjacent to an activating group) is 1. The van der Waals surface area contributed by atoms with Gasteiger partial charge in [-0.2, -0.15) is 0 Å². The molecule has 0 aliphatic rings. The van der Waals surface area contributed by atoms with Gasteiger partial charge >= 0.3 is 11.8 Å². The zero-order chi connectivity index (χ0) is 12.7. The van der Waals surface area contributed by atoms with Crippen LogP contribution in [0.5, 0.6) is 0 Å². The fourth-order valence-corrected chi connectivity index (χ4v) is 1.33. The molecule has 0 radical (unpaired) electrons. The molecule has 0 spiro atoms. The summed E-state index contributed by atoms with van der Waals surface area (Å²) in [5.74, 6) is -1.66. The first kappa shape index (κ1) is 13.2. The van der Waals surface area contributed by atoms with Crippen LogP contribution in [0.25, 0.3) is 0 Å². The van der Waals surface area contributed by atoms with Gasteiger partial charge in [0.15, 0.2) is 0 Å².